The first kappa shape index (κ1) is 21.9. The number of nitrogens with zero attached hydrogens (tertiary/aromatic N) is 3. The summed E-state index contributed by atoms with van der Waals surface area (Å²) in [6.45, 7) is 3.48. The molecule has 2 aromatic heterocycles. The Kier molecular flexibility index (Phi) is 6.05. The third kappa shape index (κ3) is 4.59. The molecule has 4 aromatic rings. The van der Waals surface area contributed by atoms with Crippen molar-refractivity contribution < 1.29 is 9.13 Å². The van der Waals surface area contributed by atoms with Gasteiger partial charge in [0.05, 0.1) is 11.8 Å². The van der Waals surface area contributed by atoms with Gasteiger partial charge in [-0.1, -0.05) is 22.0 Å². The molecule has 33 heavy (non-hydrogen) atoms. The van der Waals surface area contributed by atoms with Crippen LogP contribution >= 0.6 is 15.9 Å². The van der Waals surface area contributed by atoms with Gasteiger partial charge in [0, 0.05) is 53.0 Å². The van der Waals surface area contributed by atoms with E-state index in [0.717, 1.165) is 33.5 Å². The maximum Gasteiger partial charge on any atom is 0.140 e. The molecule has 6 nitrogen and oxygen atoms in total. The van der Waals surface area contributed by atoms with Crippen LogP contribution in [0.3, 0.4) is 0 Å². The first-order valence-corrected chi connectivity index (χ1v) is 11.7. The van der Waals surface area contributed by atoms with E-state index in [4.69, 9.17) is 15.6 Å². The van der Waals surface area contributed by atoms with Gasteiger partial charge in [0.15, 0.2) is 0 Å². The third-order valence-electron chi connectivity index (χ3n) is 5.90. The van der Waals surface area contributed by atoms with Crippen molar-refractivity contribution in [3.63, 3.8) is 0 Å². The predicted octanol–water partition coefficient (Wildman–Crippen LogP) is 5.31. The number of nitrogens with one attached hydrogen (secondary N) is 1. The number of H-pyrrole nitrogens is 1. The number of nitrogen functional groups attached to an aromatic ring is 1. The number of ether oxygens (including phenoxy) is 1. The van der Waals surface area contributed by atoms with Crippen LogP contribution in [0.5, 0.6) is 0 Å². The third-order valence-corrected chi connectivity index (χ3v) is 6.43. The van der Waals surface area contributed by atoms with Crippen LogP contribution in [0.15, 0.2) is 71.6 Å². The van der Waals surface area contributed by atoms with Gasteiger partial charge in [-0.3, -0.25) is 4.90 Å². The molecule has 0 radical (unpaired) electrons. The lowest BCUT2D eigenvalue weighted by Gasteiger charge is -2.23. The molecule has 8 heteroatoms. The van der Waals surface area contributed by atoms with Crippen LogP contribution in [-0.4, -0.2) is 38.9 Å². The van der Waals surface area contributed by atoms with Gasteiger partial charge in [0.1, 0.15) is 17.7 Å². The highest BCUT2D eigenvalue weighted by Gasteiger charge is 2.35. The number of aromatic nitrogens is 3. The molecule has 0 aliphatic carbocycles. The van der Waals surface area contributed by atoms with Crippen molar-refractivity contribution in [3.05, 3.63) is 88.5 Å². The summed E-state index contributed by atoms with van der Waals surface area (Å²) >= 11 is 3.49. The number of halogens is 2. The molecule has 2 atom stereocenters. The number of nitrogens with two attached hydrogens (primary N) is 1. The molecule has 1 fully saturated rings. The van der Waals surface area contributed by atoms with Crippen molar-refractivity contribution >= 4 is 21.6 Å². The van der Waals surface area contributed by atoms with Crippen LogP contribution in [0.4, 0.5) is 10.1 Å². The predicted molar refractivity (Wildman–Crippen MR) is 130 cm³/mol. The quantitative estimate of drug-likeness (QED) is 0.345. The van der Waals surface area contributed by atoms with Crippen LogP contribution in [0.1, 0.15) is 24.3 Å². The van der Waals surface area contributed by atoms with E-state index in [0.29, 0.717) is 24.2 Å². The second-order valence-electron chi connectivity index (χ2n) is 8.35. The minimum Gasteiger partial charge on any atom is -0.399 e. The van der Waals surface area contributed by atoms with Crippen molar-refractivity contribution in [2.75, 3.05) is 18.8 Å². The van der Waals surface area contributed by atoms with Gasteiger partial charge in [-0.2, -0.15) is 5.10 Å². The summed E-state index contributed by atoms with van der Waals surface area (Å²) in [6, 6.07) is 14.9. The Balaban J connectivity index is 1.47. The van der Waals surface area contributed by atoms with Gasteiger partial charge in [0.25, 0.3) is 0 Å². The first-order chi connectivity index (χ1) is 16.0. The monoisotopic (exact) mass is 509 g/mol. The molecular formula is C25H25BrFN5O. The van der Waals surface area contributed by atoms with Crippen LogP contribution in [-0.2, 0) is 11.2 Å². The van der Waals surface area contributed by atoms with E-state index in [1.54, 1.807) is 12.1 Å². The summed E-state index contributed by atoms with van der Waals surface area (Å²) in [4.78, 5) is 5.37. The zero-order chi connectivity index (χ0) is 22.9. The second kappa shape index (κ2) is 9.13. The van der Waals surface area contributed by atoms with Crippen LogP contribution in [0, 0.1) is 5.82 Å². The smallest absolute Gasteiger partial charge is 0.140 e. The van der Waals surface area contributed by atoms with E-state index < -0.39 is 0 Å². The highest BCUT2D eigenvalue weighted by molar-refractivity contribution is 9.10. The summed E-state index contributed by atoms with van der Waals surface area (Å²) in [5, 5.41) is 4.90. The molecule has 3 N–H and O–H groups in total. The topological polar surface area (TPSA) is 72.1 Å². The van der Waals surface area contributed by atoms with E-state index >= 15 is 0 Å². The standard InChI is InChI=1S/C25H25BrFN5O/c1-16-14-31(11-9-17-2-5-20(28)12-23(17)27)25(33-16)22-15-32(21-6-3-19(26)4-7-21)30-24(22)18-8-10-29-13-18/h2-8,10,12-13,15-16,25,29H,9,11,14,28H2,1H3/t16-,25+/m0/s1. The van der Waals surface area contributed by atoms with Crippen molar-refractivity contribution in [2.24, 2.45) is 0 Å². The fraction of sp³-hybridized carbons (Fsp3) is 0.240. The molecule has 5 rings (SSSR count). The molecule has 1 aliphatic rings. The van der Waals surface area contributed by atoms with Crippen molar-refractivity contribution in [1.29, 1.82) is 0 Å². The van der Waals surface area contributed by atoms with E-state index in [-0.39, 0.29) is 18.1 Å². The zero-order valence-electron chi connectivity index (χ0n) is 18.2. The SMILES string of the molecule is C[C@H]1CN(CCc2ccc(N)cc2F)[C@@H](c2cn(-c3ccc(Br)cc3)nc2-c2cc[nH]c2)O1. The molecule has 0 bridgehead atoms. The number of aromatic amines is 1. The number of hydrogen-bond acceptors (Lipinski definition) is 4. The van der Waals surface area contributed by atoms with E-state index in [9.17, 15) is 4.39 Å². The molecule has 0 saturated carbocycles. The van der Waals surface area contributed by atoms with Gasteiger partial charge in [0.2, 0.25) is 0 Å². The summed E-state index contributed by atoms with van der Waals surface area (Å²) in [5.41, 5.74) is 10.6. The average Bonchev–Trinajstić information content (AvgIpc) is 3.53. The Morgan fingerprint density at radius 2 is 2.03 bits per heavy atom. The Morgan fingerprint density at radius 1 is 1.21 bits per heavy atom. The Bertz CT molecular complexity index is 1240. The second-order valence-corrected chi connectivity index (χ2v) is 9.26. The molecule has 0 amide bonds. The van der Waals surface area contributed by atoms with Gasteiger partial charge >= 0.3 is 0 Å². The normalized spacial score (nSPS) is 18.8. The molecule has 3 heterocycles. The molecule has 1 aliphatic heterocycles. The average molecular weight is 510 g/mol. The van der Waals surface area contributed by atoms with Gasteiger partial charge < -0.3 is 15.5 Å². The van der Waals surface area contributed by atoms with Crippen molar-refractivity contribution in [2.45, 2.75) is 25.7 Å². The molecule has 170 valence electrons. The van der Waals surface area contributed by atoms with Crippen molar-refractivity contribution in [1.82, 2.24) is 19.7 Å². The lowest BCUT2D eigenvalue weighted by molar-refractivity contribution is 0.00515. The number of benzene rings is 2. The fourth-order valence-electron chi connectivity index (χ4n) is 4.27. The summed E-state index contributed by atoms with van der Waals surface area (Å²) in [7, 11) is 0. The van der Waals surface area contributed by atoms with Crippen LogP contribution < -0.4 is 5.73 Å². The lowest BCUT2D eigenvalue weighted by atomic mass is 10.1. The molecule has 1 saturated heterocycles. The fourth-order valence-corrected chi connectivity index (χ4v) is 4.54. The van der Waals surface area contributed by atoms with Crippen molar-refractivity contribution in [3.8, 4) is 16.9 Å². The number of rotatable bonds is 6. The van der Waals surface area contributed by atoms with Gasteiger partial charge in [-0.25, -0.2) is 9.07 Å². The highest BCUT2D eigenvalue weighted by Crippen LogP contribution is 2.36. The molecule has 0 unspecified atom stereocenters. The summed E-state index contributed by atoms with van der Waals surface area (Å²) in [6.07, 6.45) is 6.21. The Hall–Kier alpha value is -2.94. The summed E-state index contributed by atoms with van der Waals surface area (Å²) < 4.78 is 23.6. The zero-order valence-corrected chi connectivity index (χ0v) is 19.8. The Morgan fingerprint density at radius 3 is 2.76 bits per heavy atom. The van der Waals surface area contributed by atoms with Gasteiger partial charge in [-0.05, 0) is 61.4 Å². The highest BCUT2D eigenvalue weighted by atomic mass is 79.9. The summed E-state index contributed by atoms with van der Waals surface area (Å²) in [5.74, 6) is -0.268. The van der Waals surface area contributed by atoms with E-state index in [1.807, 2.05) is 53.6 Å². The molecule has 2 aromatic carbocycles. The van der Waals surface area contributed by atoms with Crippen LogP contribution in [0.25, 0.3) is 16.9 Å². The van der Waals surface area contributed by atoms with E-state index in [1.165, 1.54) is 6.07 Å². The van der Waals surface area contributed by atoms with Gasteiger partial charge in [-0.15, -0.1) is 0 Å². The maximum absolute atomic E-state index is 14.3. The Labute approximate surface area is 200 Å². The largest absolute Gasteiger partial charge is 0.399 e. The first-order valence-electron chi connectivity index (χ1n) is 10.9. The number of hydrogen-bond donors (Lipinski definition) is 2. The van der Waals surface area contributed by atoms with E-state index in [2.05, 4.69) is 32.7 Å². The number of anilines is 1. The van der Waals surface area contributed by atoms with Crippen LogP contribution in [0.2, 0.25) is 0 Å². The molecule has 0 spiro atoms. The maximum atomic E-state index is 14.3. The molecular weight excluding hydrogens is 485 g/mol. The lowest BCUT2D eigenvalue weighted by Crippen LogP contribution is -2.27. The minimum atomic E-state index is -0.272. The minimum absolute atomic E-state index is 0.0568.